The minimum Gasteiger partial charge on any atom is -0.411 e. The highest BCUT2D eigenvalue weighted by molar-refractivity contribution is 6.06. The maximum absolute atomic E-state index is 8.66. The predicted octanol–water partition coefficient (Wildman–Crippen LogP) is 1.53. The van der Waals surface area contributed by atoms with Crippen molar-refractivity contribution in [1.82, 2.24) is 0 Å². The first kappa shape index (κ1) is 7.03. The summed E-state index contributed by atoms with van der Waals surface area (Å²) in [4.78, 5) is 3.99. The van der Waals surface area contributed by atoms with E-state index >= 15 is 0 Å². The number of aliphatic imine (C=N–C) groups is 1. The Bertz CT molecular complexity index is 334. The van der Waals surface area contributed by atoms with Crippen LogP contribution in [-0.4, -0.2) is 17.1 Å². The number of allylic oxidation sites excluding steroid dienone is 5. The average Bonchev–Trinajstić information content (AvgIpc) is 2.17. The maximum Gasteiger partial charge on any atom is 0.0909 e. The van der Waals surface area contributed by atoms with Gasteiger partial charge in [-0.2, -0.15) is 0 Å². The molecule has 1 heterocycles. The topological polar surface area (TPSA) is 45.0 Å². The Morgan fingerprint density at radius 2 is 2.42 bits per heavy atom. The SMILES string of the molecule is O/N=C1\C=CC=C2C=NC=CC21. The molecular weight excluding hydrogens is 152 g/mol. The zero-order chi connectivity index (χ0) is 8.39. The normalized spacial score (nSPS) is 28.8. The Hall–Kier alpha value is -1.64. The molecule has 2 rings (SSSR count). The number of rotatable bonds is 0. The van der Waals surface area contributed by atoms with Gasteiger partial charge in [0, 0.05) is 12.4 Å². The smallest absolute Gasteiger partial charge is 0.0909 e. The molecule has 3 heteroatoms. The summed E-state index contributed by atoms with van der Waals surface area (Å²) < 4.78 is 0. The van der Waals surface area contributed by atoms with E-state index in [1.165, 1.54) is 0 Å². The van der Waals surface area contributed by atoms with Gasteiger partial charge in [0.15, 0.2) is 0 Å². The molecule has 0 bridgehead atoms. The van der Waals surface area contributed by atoms with E-state index in [-0.39, 0.29) is 5.92 Å². The van der Waals surface area contributed by atoms with Crippen molar-refractivity contribution < 1.29 is 5.21 Å². The Morgan fingerprint density at radius 1 is 1.50 bits per heavy atom. The number of fused-ring (bicyclic) bond motifs is 1. The third-order valence-corrected chi connectivity index (χ3v) is 1.94. The summed E-state index contributed by atoms with van der Waals surface area (Å²) in [7, 11) is 0. The first-order chi connectivity index (χ1) is 5.92. The molecule has 0 saturated carbocycles. The number of nitrogens with zero attached hydrogens (tertiary/aromatic N) is 2. The van der Waals surface area contributed by atoms with E-state index in [0.29, 0.717) is 5.71 Å². The molecule has 1 aliphatic heterocycles. The second-order valence-corrected chi connectivity index (χ2v) is 2.65. The van der Waals surface area contributed by atoms with Gasteiger partial charge >= 0.3 is 0 Å². The van der Waals surface area contributed by atoms with Gasteiger partial charge in [-0.05, 0) is 11.6 Å². The zero-order valence-electron chi connectivity index (χ0n) is 6.38. The Labute approximate surface area is 70.1 Å². The lowest BCUT2D eigenvalue weighted by molar-refractivity contribution is 0.317. The summed E-state index contributed by atoms with van der Waals surface area (Å²) in [5, 5.41) is 11.9. The summed E-state index contributed by atoms with van der Waals surface area (Å²) in [6.07, 6.45) is 11.0. The molecule has 0 radical (unpaired) electrons. The van der Waals surface area contributed by atoms with Crippen LogP contribution in [0.2, 0.25) is 0 Å². The number of oxime groups is 1. The van der Waals surface area contributed by atoms with Gasteiger partial charge in [-0.25, -0.2) is 0 Å². The van der Waals surface area contributed by atoms with Crippen LogP contribution in [0.4, 0.5) is 0 Å². The Balaban J connectivity index is 2.42. The standard InChI is InChI=1S/C9H8N2O/c12-11-9-3-1-2-7-6-10-5-4-8(7)9/h1-6,8,12H/b11-9+. The molecule has 0 aromatic heterocycles. The fraction of sp³-hybridized carbons (Fsp3) is 0.111. The van der Waals surface area contributed by atoms with Crippen molar-refractivity contribution in [2.45, 2.75) is 0 Å². The lowest BCUT2D eigenvalue weighted by Gasteiger charge is -2.17. The molecule has 60 valence electrons. The van der Waals surface area contributed by atoms with E-state index in [1.807, 2.05) is 18.2 Å². The van der Waals surface area contributed by atoms with Gasteiger partial charge in [0.05, 0.1) is 11.6 Å². The second kappa shape index (κ2) is 2.77. The van der Waals surface area contributed by atoms with Crippen LogP contribution in [0.1, 0.15) is 0 Å². The first-order valence-corrected chi connectivity index (χ1v) is 3.72. The van der Waals surface area contributed by atoms with Crippen molar-refractivity contribution >= 4 is 11.9 Å². The van der Waals surface area contributed by atoms with Crippen molar-refractivity contribution in [3.05, 3.63) is 36.1 Å². The average molecular weight is 160 g/mol. The van der Waals surface area contributed by atoms with Gasteiger partial charge in [-0.1, -0.05) is 23.4 Å². The highest BCUT2D eigenvalue weighted by atomic mass is 16.4. The third kappa shape index (κ3) is 0.993. The van der Waals surface area contributed by atoms with Gasteiger partial charge in [0.2, 0.25) is 0 Å². The summed E-state index contributed by atoms with van der Waals surface area (Å²) >= 11 is 0. The van der Waals surface area contributed by atoms with Crippen LogP contribution >= 0.6 is 0 Å². The fourth-order valence-corrected chi connectivity index (χ4v) is 1.33. The molecule has 0 amide bonds. The minimum atomic E-state index is 0.0810. The van der Waals surface area contributed by atoms with E-state index in [0.717, 1.165) is 5.57 Å². The summed E-state index contributed by atoms with van der Waals surface area (Å²) in [5.74, 6) is 0.0810. The van der Waals surface area contributed by atoms with Crippen molar-refractivity contribution in [3.63, 3.8) is 0 Å². The van der Waals surface area contributed by atoms with Crippen molar-refractivity contribution in [2.75, 3.05) is 0 Å². The summed E-state index contributed by atoms with van der Waals surface area (Å²) in [6.45, 7) is 0. The first-order valence-electron chi connectivity index (χ1n) is 3.72. The lowest BCUT2D eigenvalue weighted by Crippen LogP contribution is -2.17. The van der Waals surface area contributed by atoms with E-state index in [9.17, 15) is 0 Å². The summed E-state index contributed by atoms with van der Waals surface area (Å²) in [5.41, 5.74) is 1.72. The molecule has 0 spiro atoms. The van der Waals surface area contributed by atoms with Crippen LogP contribution in [0, 0.1) is 5.92 Å². The van der Waals surface area contributed by atoms with E-state index < -0.39 is 0 Å². The highest BCUT2D eigenvalue weighted by Gasteiger charge is 2.19. The molecule has 12 heavy (non-hydrogen) atoms. The van der Waals surface area contributed by atoms with E-state index in [1.54, 1.807) is 18.5 Å². The number of hydrogen-bond donors (Lipinski definition) is 1. The van der Waals surface area contributed by atoms with Gasteiger partial charge < -0.3 is 5.21 Å². The van der Waals surface area contributed by atoms with Crippen LogP contribution in [0.25, 0.3) is 0 Å². The molecule has 2 aliphatic rings. The minimum absolute atomic E-state index is 0.0810. The van der Waals surface area contributed by atoms with Gasteiger partial charge in [-0.15, -0.1) is 0 Å². The lowest BCUT2D eigenvalue weighted by atomic mass is 9.89. The van der Waals surface area contributed by atoms with Crippen LogP contribution in [0.15, 0.2) is 46.2 Å². The third-order valence-electron chi connectivity index (χ3n) is 1.94. The molecule has 0 saturated heterocycles. The van der Waals surface area contributed by atoms with Crippen LogP contribution < -0.4 is 0 Å². The largest absolute Gasteiger partial charge is 0.411 e. The van der Waals surface area contributed by atoms with Crippen LogP contribution in [0.3, 0.4) is 0 Å². The molecule has 1 N–H and O–H groups in total. The van der Waals surface area contributed by atoms with Crippen LogP contribution in [-0.2, 0) is 0 Å². The van der Waals surface area contributed by atoms with Gasteiger partial charge in [0.25, 0.3) is 0 Å². The maximum atomic E-state index is 8.66. The number of hydrogen-bond acceptors (Lipinski definition) is 3. The van der Waals surface area contributed by atoms with Crippen LogP contribution in [0.5, 0.6) is 0 Å². The monoisotopic (exact) mass is 160 g/mol. The molecule has 0 aromatic carbocycles. The molecule has 1 unspecified atom stereocenters. The van der Waals surface area contributed by atoms with E-state index in [4.69, 9.17) is 5.21 Å². The fourth-order valence-electron chi connectivity index (χ4n) is 1.33. The van der Waals surface area contributed by atoms with E-state index in [2.05, 4.69) is 10.1 Å². The molecule has 1 atom stereocenters. The quantitative estimate of drug-likeness (QED) is 0.424. The van der Waals surface area contributed by atoms with Crippen molar-refractivity contribution in [1.29, 1.82) is 0 Å². The highest BCUT2D eigenvalue weighted by Crippen LogP contribution is 2.21. The van der Waals surface area contributed by atoms with Crippen molar-refractivity contribution in [2.24, 2.45) is 16.1 Å². The van der Waals surface area contributed by atoms with Crippen molar-refractivity contribution in [3.8, 4) is 0 Å². The molecule has 0 fully saturated rings. The van der Waals surface area contributed by atoms with Gasteiger partial charge in [-0.3, -0.25) is 4.99 Å². The predicted molar refractivity (Wildman–Crippen MR) is 47.6 cm³/mol. The second-order valence-electron chi connectivity index (χ2n) is 2.65. The molecular formula is C9H8N2O. The molecule has 0 aromatic rings. The Kier molecular flexibility index (Phi) is 1.63. The zero-order valence-corrected chi connectivity index (χ0v) is 6.38. The molecule has 1 aliphatic carbocycles. The Morgan fingerprint density at radius 3 is 3.25 bits per heavy atom. The molecule has 3 nitrogen and oxygen atoms in total. The van der Waals surface area contributed by atoms with Gasteiger partial charge in [0.1, 0.15) is 0 Å². The summed E-state index contributed by atoms with van der Waals surface area (Å²) in [6, 6.07) is 0.